The highest BCUT2D eigenvalue weighted by molar-refractivity contribution is 7.09. The molecule has 0 atom stereocenters. The monoisotopic (exact) mass is 275 g/mol. The summed E-state index contributed by atoms with van der Waals surface area (Å²) in [6.45, 7) is 2.82. The van der Waals surface area contributed by atoms with Crippen LogP contribution in [0.15, 0.2) is 35.7 Å². The number of likely N-dealkylation sites (N-methyl/N-ethyl adjacent to an activating group) is 1. The van der Waals surface area contributed by atoms with E-state index < -0.39 is 0 Å². The van der Waals surface area contributed by atoms with Gasteiger partial charge in [0, 0.05) is 18.1 Å². The van der Waals surface area contributed by atoms with Crippen molar-refractivity contribution in [2.45, 2.75) is 13.5 Å². The molecule has 19 heavy (non-hydrogen) atoms. The van der Waals surface area contributed by atoms with Crippen LogP contribution < -0.4 is 5.32 Å². The molecule has 0 aliphatic rings. The summed E-state index contributed by atoms with van der Waals surface area (Å²) in [5.41, 5.74) is 1.90. The molecule has 0 spiro atoms. The zero-order valence-electron chi connectivity index (χ0n) is 11.1. The van der Waals surface area contributed by atoms with Crippen LogP contribution in [0.5, 0.6) is 0 Å². The number of benzene rings is 1. The van der Waals surface area contributed by atoms with Crippen LogP contribution in [0.3, 0.4) is 0 Å². The number of aromatic nitrogens is 1. The van der Waals surface area contributed by atoms with Crippen molar-refractivity contribution in [3.63, 3.8) is 0 Å². The summed E-state index contributed by atoms with van der Waals surface area (Å²) >= 11 is 1.60. The Balaban J connectivity index is 1.82. The van der Waals surface area contributed by atoms with Crippen molar-refractivity contribution in [1.82, 2.24) is 9.88 Å². The predicted octanol–water partition coefficient (Wildman–Crippen LogP) is 2.52. The standard InChI is InChI=1S/C14H17N3OS/c1-11-16-13(10-19-11)9-17(2)14(18)8-15-12-6-4-3-5-7-12/h3-7,10,15H,8-9H2,1-2H3. The minimum atomic E-state index is 0.0505. The zero-order valence-corrected chi connectivity index (χ0v) is 11.9. The summed E-state index contributed by atoms with van der Waals surface area (Å²) in [6, 6.07) is 9.71. The van der Waals surface area contributed by atoms with Crippen molar-refractivity contribution < 1.29 is 4.79 Å². The van der Waals surface area contributed by atoms with Gasteiger partial charge in [-0.15, -0.1) is 11.3 Å². The molecule has 2 rings (SSSR count). The average molecular weight is 275 g/mol. The minimum absolute atomic E-state index is 0.0505. The van der Waals surface area contributed by atoms with Crippen molar-refractivity contribution >= 4 is 22.9 Å². The highest BCUT2D eigenvalue weighted by atomic mass is 32.1. The average Bonchev–Trinajstić information content (AvgIpc) is 2.82. The van der Waals surface area contributed by atoms with E-state index in [-0.39, 0.29) is 5.91 Å². The first-order chi connectivity index (χ1) is 9.15. The molecule has 100 valence electrons. The van der Waals surface area contributed by atoms with Gasteiger partial charge in [0.15, 0.2) is 0 Å². The van der Waals surface area contributed by atoms with Crippen molar-refractivity contribution in [1.29, 1.82) is 0 Å². The molecule has 0 saturated carbocycles. The Morgan fingerprint density at radius 2 is 2.11 bits per heavy atom. The van der Waals surface area contributed by atoms with Crippen molar-refractivity contribution in [3.05, 3.63) is 46.4 Å². The van der Waals surface area contributed by atoms with Crippen LogP contribution in [-0.2, 0) is 11.3 Å². The van der Waals surface area contributed by atoms with Gasteiger partial charge in [0.05, 0.1) is 23.8 Å². The minimum Gasteiger partial charge on any atom is -0.376 e. The lowest BCUT2D eigenvalue weighted by Gasteiger charge is -2.16. The number of para-hydroxylation sites is 1. The van der Waals surface area contributed by atoms with E-state index in [0.717, 1.165) is 16.4 Å². The molecule has 0 aliphatic heterocycles. The fourth-order valence-corrected chi connectivity index (χ4v) is 2.28. The zero-order chi connectivity index (χ0) is 13.7. The molecular weight excluding hydrogens is 258 g/mol. The number of thiazole rings is 1. The third-order valence-electron chi connectivity index (χ3n) is 2.71. The lowest BCUT2D eigenvalue weighted by atomic mass is 10.3. The summed E-state index contributed by atoms with van der Waals surface area (Å²) in [4.78, 5) is 18.0. The summed E-state index contributed by atoms with van der Waals surface area (Å²) in [7, 11) is 1.80. The number of amides is 1. The molecule has 1 aromatic carbocycles. The molecule has 1 N–H and O–H groups in total. The first kappa shape index (κ1) is 13.5. The van der Waals surface area contributed by atoms with Crippen LogP contribution in [0, 0.1) is 6.92 Å². The van der Waals surface area contributed by atoms with Crippen molar-refractivity contribution in [2.24, 2.45) is 0 Å². The van der Waals surface area contributed by atoms with Gasteiger partial charge in [-0.05, 0) is 19.1 Å². The summed E-state index contributed by atoms with van der Waals surface area (Å²) in [5, 5.41) is 6.12. The third-order valence-corrected chi connectivity index (χ3v) is 3.53. The lowest BCUT2D eigenvalue weighted by Crippen LogP contribution is -2.31. The number of nitrogens with one attached hydrogen (secondary N) is 1. The predicted molar refractivity (Wildman–Crippen MR) is 78.3 cm³/mol. The van der Waals surface area contributed by atoms with Gasteiger partial charge in [-0.1, -0.05) is 18.2 Å². The smallest absolute Gasteiger partial charge is 0.241 e. The Kier molecular flexibility index (Phi) is 4.52. The maximum absolute atomic E-state index is 12.0. The fourth-order valence-electron chi connectivity index (χ4n) is 1.68. The second-order valence-electron chi connectivity index (χ2n) is 4.33. The van der Waals surface area contributed by atoms with E-state index in [1.165, 1.54) is 0 Å². The van der Waals surface area contributed by atoms with Crippen LogP contribution in [0.2, 0.25) is 0 Å². The largest absolute Gasteiger partial charge is 0.376 e. The summed E-state index contributed by atoms with van der Waals surface area (Å²) in [6.07, 6.45) is 0. The maximum atomic E-state index is 12.0. The van der Waals surface area contributed by atoms with Crippen LogP contribution in [0.1, 0.15) is 10.7 Å². The molecule has 0 radical (unpaired) electrons. The van der Waals surface area contributed by atoms with E-state index in [4.69, 9.17) is 0 Å². The molecule has 1 heterocycles. The molecule has 5 heteroatoms. The van der Waals surface area contributed by atoms with Gasteiger partial charge < -0.3 is 10.2 Å². The number of nitrogens with zero attached hydrogens (tertiary/aromatic N) is 2. The van der Waals surface area contributed by atoms with Crippen LogP contribution >= 0.6 is 11.3 Å². The number of hydrogen-bond acceptors (Lipinski definition) is 4. The normalized spacial score (nSPS) is 10.2. The van der Waals surface area contributed by atoms with Crippen LogP contribution in [-0.4, -0.2) is 29.4 Å². The van der Waals surface area contributed by atoms with Gasteiger partial charge in [0.1, 0.15) is 0 Å². The molecule has 4 nitrogen and oxygen atoms in total. The van der Waals surface area contributed by atoms with E-state index in [2.05, 4.69) is 10.3 Å². The summed E-state index contributed by atoms with van der Waals surface area (Å²) < 4.78 is 0. The highest BCUT2D eigenvalue weighted by Crippen LogP contribution is 2.10. The number of rotatable bonds is 5. The Morgan fingerprint density at radius 1 is 1.37 bits per heavy atom. The van der Waals surface area contributed by atoms with E-state index in [0.29, 0.717) is 13.1 Å². The van der Waals surface area contributed by atoms with Gasteiger partial charge in [0.25, 0.3) is 0 Å². The second kappa shape index (κ2) is 6.33. The molecule has 0 aliphatic carbocycles. The van der Waals surface area contributed by atoms with Crippen LogP contribution in [0.25, 0.3) is 0 Å². The van der Waals surface area contributed by atoms with Gasteiger partial charge in [-0.25, -0.2) is 4.98 Å². The number of hydrogen-bond donors (Lipinski definition) is 1. The number of aryl methyl sites for hydroxylation is 1. The molecule has 2 aromatic rings. The molecule has 1 aromatic heterocycles. The quantitative estimate of drug-likeness (QED) is 0.912. The Labute approximate surface area is 117 Å². The molecular formula is C14H17N3OS. The van der Waals surface area contributed by atoms with Crippen molar-refractivity contribution in [3.8, 4) is 0 Å². The van der Waals surface area contributed by atoms with E-state index in [1.54, 1.807) is 23.3 Å². The fraction of sp³-hybridized carbons (Fsp3) is 0.286. The number of carbonyl (C=O) groups is 1. The molecule has 0 saturated heterocycles. The summed E-state index contributed by atoms with van der Waals surface area (Å²) in [5.74, 6) is 0.0505. The van der Waals surface area contributed by atoms with E-state index in [1.807, 2.05) is 42.6 Å². The van der Waals surface area contributed by atoms with E-state index in [9.17, 15) is 4.79 Å². The Morgan fingerprint density at radius 3 is 2.74 bits per heavy atom. The van der Waals surface area contributed by atoms with Gasteiger partial charge in [-0.2, -0.15) is 0 Å². The molecule has 0 bridgehead atoms. The van der Waals surface area contributed by atoms with E-state index >= 15 is 0 Å². The van der Waals surface area contributed by atoms with Crippen molar-refractivity contribution in [2.75, 3.05) is 18.9 Å². The first-order valence-corrected chi connectivity index (χ1v) is 6.97. The Hall–Kier alpha value is -1.88. The lowest BCUT2D eigenvalue weighted by molar-refractivity contribution is -0.128. The second-order valence-corrected chi connectivity index (χ2v) is 5.39. The molecule has 0 fully saturated rings. The SMILES string of the molecule is Cc1nc(CN(C)C(=O)CNc2ccccc2)cs1. The van der Waals surface area contributed by atoms with Crippen LogP contribution in [0.4, 0.5) is 5.69 Å². The van der Waals surface area contributed by atoms with Gasteiger partial charge in [-0.3, -0.25) is 4.79 Å². The topological polar surface area (TPSA) is 45.2 Å². The van der Waals surface area contributed by atoms with Gasteiger partial charge in [0.2, 0.25) is 5.91 Å². The maximum Gasteiger partial charge on any atom is 0.241 e. The molecule has 1 amide bonds. The Bertz CT molecular complexity index is 539. The number of anilines is 1. The number of carbonyl (C=O) groups excluding carboxylic acids is 1. The highest BCUT2D eigenvalue weighted by Gasteiger charge is 2.10. The first-order valence-electron chi connectivity index (χ1n) is 6.09. The molecule has 0 unspecified atom stereocenters. The van der Waals surface area contributed by atoms with Gasteiger partial charge >= 0.3 is 0 Å². The third kappa shape index (κ3) is 4.06.